The Kier molecular flexibility index (Phi) is 8.10. The number of aryl methyl sites for hydroxylation is 2. The van der Waals surface area contributed by atoms with E-state index in [-0.39, 0.29) is 18.3 Å². The Morgan fingerprint density at radius 3 is 2.49 bits per heavy atom. The van der Waals surface area contributed by atoms with Crippen molar-refractivity contribution in [2.24, 2.45) is 5.92 Å². The van der Waals surface area contributed by atoms with E-state index in [2.05, 4.69) is 38.1 Å². The third-order valence-electron chi connectivity index (χ3n) is 7.79. The SMILES string of the molecule is Cc1cc(OCC2CCC(O)C(O)C2)cc(C)c1-c1cccc(COc2ccc3c(c2)OCC3CC(=O)O)c1. The van der Waals surface area contributed by atoms with Gasteiger partial charge in [-0.3, -0.25) is 4.79 Å². The van der Waals surface area contributed by atoms with Crippen LogP contribution in [0, 0.1) is 19.8 Å². The predicted octanol–water partition coefficient (Wildman–Crippen LogP) is 5.40. The molecule has 0 aromatic heterocycles. The maximum Gasteiger partial charge on any atom is 0.304 e. The van der Waals surface area contributed by atoms with Crippen LogP contribution in [-0.2, 0) is 11.4 Å². The van der Waals surface area contributed by atoms with E-state index in [1.54, 1.807) is 0 Å². The zero-order valence-corrected chi connectivity index (χ0v) is 22.4. The zero-order valence-electron chi connectivity index (χ0n) is 22.4. The quantitative estimate of drug-likeness (QED) is 0.339. The van der Waals surface area contributed by atoms with Crippen molar-refractivity contribution in [1.82, 2.24) is 0 Å². The highest BCUT2D eigenvalue weighted by Gasteiger charge is 2.28. The molecule has 7 nitrogen and oxygen atoms in total. The molecule has 0 radical (unpaired) electrons. The fourth-order valence-electron chi connectivity index (χ4n) is 5.75. The van der Waals surface area contributed by atoms with Crippen LogP contribution in [0.2, 0.25) is 0 Å². The van der Waals surface area contributed by atoms with E-state index in [1.165, 1.54) is 0 Å². The maximum atomic E-state index is 11.1. The van der Waals surface area contributed by atoms with E-state index in [9.17, 15) is 15.0 Å². The van der Waals surface area contributed by atoms with Crippen molar-refractivity contribution in [2.45, 2.75) is 64.3 Å². The summed E-state index contributed by atoms with van der Waals surface area (Å²) in [6.07, 6.45) is 0.803. The Morgan fingerprint density at radius 2 is 1.74 bits per heavy atom. The van der Waals surface area contributed by atoms with Crippen LogP contribution < -0.4 is 14.2 Å². The minimum absolute atomic E-state index is 0.0571. The maximum absolute atomic E-state index is 11.1. The molecule has 1 fully saturated rings. The number of carboxylic acid groups (broad SMARTS) is 1. The molecule has 39 heavy (non-hydrogen) atoms. The number of ether oxygens (including phenoxy) is 3. The first-order chi connectivity index (χ1) is 18.8. The summed E-state index contributed by atoms with van der Waals surface area (Å²) < 4.78 is 17.9. The molecule has 1 aliphatic carbocycles. The second kappa shape index (κ2) is 11.7. The second-order valence-electron chi connectivity index (χ2n) is 10.9. The largest absolute Gasteiger partial charge is 0.493 e. The van der Waals surface area contributed by atoms with Crippen LogP contribution >= 0.6 is 0 Å². The molecule has 1 aliphatic heterocycles. The van der Waals surface area contributed by atoms with Crippen molar-refractivity contribution in [3.8, 4) is 28.4 Å². The first kappa shape index (κ1) is 27.0. The Balaban J connectivity index is 1.23. The molecular formula is C32H36O7. The number of rotatable bonds is 9. The van der Waals surface area contributed by atoms with Gasteiger partial charge in [-0.2, -0.15) is 0 Å². The number of aliphatic hydroxyl groups excluding tert-OH is 2. The molecule has 0 spiro atoms. The van der Waals surface area contributed by atoms with Gasteiger partial charge < -0.3 is 29.5 Å². The monoisotopic (exact) mass is 532 g/mol. The minimum Gasteiger partial charge on any atom is -0.493 e. The lowest BCUT2D eigenvalue weighted by molar-refractivity contribution is -0.137. The van der Waals surface area contributed by atoms with Crippen molar-refractivity contribution < 1.29 is 34.3 Å². The van der Waals surface area contributed by atoms with Gasteiger partial charge in [0.05, 0.1) is 31.8 Å². The fraction of sp³-hybridized carbons (Fsp3) is 0.406. The van der Waals surface area contributed by atoms with Crippen LogP contribution in [0.1, 0.15) is 53.9 Å². The lowest BCUT2D eigenvalue weighted by Gasteiger charge is -2.30. The molecule has 0 saturated heterocycles. The summed E-state index contributed by atoms with van der Waals surface area (Å²) in [5.74, 6) is 1.48. The van der Waals surface area contributed by atoms with Gasteiger partial charge in [0, 0.05) is 17.5 Å². The van der Waals surface area contributed by atoms with E-state index in [0.717, 1.165) is 45.6 Å². The molecule has 4 atom stereocenters. The normalized spacial score (nSPS) is 22.2. The van der Waals surface area contributed by atoms with Crippen molar-refractivity contribution in [3.05, 3.63) is 76.9 Å². The first-order valence-corrected chi connectivity index (χ1v) is 13.6. The molecule has 5 rings (SSSR count). The van der Waals surface area contributed by atoms with Crippen molar-refractivity contribution in [1.29, 1.82) is 0 Å². The van der Waals surface area contributed by atoms with E-state index < -0.39 is 18.2 Å². The summed E-state index contributed by atoms with van der Waals surface area (Å²) in [6.45, 7) is 5.47. The van der Waals surface area contributed by atoms with Gasteiger partial charge in [-0.15, -0.1) is 0 Å². The summed E-state index contributed by atoms with van der Waals surface area (Å²) in [6, 6.07) is 18.0. The lowest BCUT2D eigenvalue weighted by Crippen LogP contribution is -2.35. The highest BCUT2D eigenvalue weighted by atomic mass is 16.5. The van der Waals surface area contributed by atoms with Gasteiger partial charge in [-0.1, -0.05) is 24.3 Å². The Hall–Kier alpha value is -3.55. The second-order valence-corrected chi connectivity index (χ2v) is 10.9. The molecule has 1 saturated carbocycles. The number of hydrogen-bond acceptors (Lipinski definition) is 6. The van der Waals surface area contributed by atoms with E-state index in [1.807, 2.05) is 30.3 Å². The zero-order chi connectivity index (χ0) is 27.5. The molecular weight excluding hydrogens is 496 g/mol. The fourth-order valence-corrected chi connectivity index (χ4v) is 5.75. The summed E-state index contributed by atoms with van der Waals surface area (Å²) in [5, 5.41) is 28.8. The molecule has 3 N–H and O–H groups in total. The molecule has 7 heteroatoms. The number of hydrogen-bond donors (Lipinski definition) is 3. The Morgan fingerprint density at radius 1 is 0.949 bits per heavy atom. The molecule has 1 heterocycles. The van der Waals surface area contributed by atoms with Crippen LogP contribution in [0.15, 0.2) is 54.6 Å². The highest BCUT2D eigenvalue weighted by Crippen LogP contribution is 2.38. The first-order valence-electron chi connectivity index (χ1n) is 13.6. The third kappa shape index (κ3) is 6.37. The number of aliphatic hydroxyl groups is 2. The average molecular weight is 533 g/mol. The minimum atomic E-state index is -0.828. The topological polar surface area (TPSA) is 105 Å². The van der Waals surface area contributed by atoms with Crippen LogP contribution in [0.25, 0.3) is 11.1 Å². The number of fused-ring (bicyclic) bond motifs is 1. The summed E-state index contributed by atoms with van der Waals surface area (Å²) in [7, 11) is 0. The van der Waals surface area contributed by atoms with Gasteiger partial charge >= 0.3 is 5.97 Å². The standard InChI is InChI=1S/C32H36O7/c1-19-10-26(38-17-22-6-9-28(33)29(34)13-22)11-20(2)32(19)23-5-3-4-21(12-23)16-37-25-7-8-27-24(14-31(35)36)18-39-30(27)15-25/h3-5,7-8,10-12,15,22,24,28-29,33-34H,6,9,13-14,16-18H2,1-2H3,(H,35,36). The van der Waals surface area contributed by atoms with Gasteiger partial charge in [0.2, 0.25) is 0 Å². The number of aliphatic carboxylic acids is 1. The summed E-state index contributed by atoms with van der Waals surface area (Å²) in [5.41, 5.74) is 6.46. The predicted molar refractivity (Wildman–Crippen MR) is 147 cm³/mol. The summed E-state index contributed by atoms with van der Waals surface area (Å²) >= 11 is 0. The Bertz CT molecular complexity index is 1310. The molecule has 206 valence electrons. The number of carbonyl (C=O) groups is 1. The smallest absolute Gasteiger partial charge is 0.304 e. The van der Waals surface area contributed by atoms with E-state index in [4.69, 9.17) is 19.3 Å². The van der Waals surface area contributed by atoms with Crippen LogP contribution in [0.4, 0.5) is 0 Å². The molecule has 3 aromatic carbocycles. The molecule has 3 aromatic rings. The number of carboxylic acids is 1. The molecule has 0 bridgehead atoms. The van der Waals surface area contributed by atoms with Gasteiger partial charge in [0.1, 0.15) is 23.9 Å². The molecule has 2 aliphatic rings. The van der Waals surface area contributed by atoms with E-state index >= 15 is 0 Å². The van der Waals surface area contributed by atoms with Gasteiger partial charge in [-0.25, -0.2) is 0 Å². The van der Waals surface area contributed by atoms with Crippen LogP contribution in [0.3, 0.4) is 0 Å². The van der Waals surface area contributed by atoms with Crippen molar-refractivity contribution in [3.63, 3.8) is 0 Å². The van der Waals surface area contributed by atoms with Gasteiger partial charge in [-0.05, 0) is 91.1 Å². The highest BCUT2D eigenvalue weighted by molar-refractivity contribution is 5.72. The molecule has 4 unspecified atom stereocenters. The van der Waals surface area contributed by atoms with Crippen LogP contribution in [-0.4, -0.2) is 46.7 Å². The third-order valence-corrected chi connectivity index (χ3v) is 7.79. The Labute approximate surface area is 229 Å². The lowest BCUT2D eigenvalue weighted by atomic mass is 9.86. The van der Waals surface area contributed by atoms with Crippen molar-refractivity contribution in [2.75, 3.05) is 13.2 Å². The van der Waals surface area contributed by atoms with E-state index in [0.29, 0.717) is 44.2 Å². The summed E-state index contributed by atoms with van der Waals surface area (Å²) in [4.78, 5) is 11.1. The average Bonchev–Trinajstić information content (AvgIpc) is 3.29. The van der Waals surface area contributed by atoms with Gasteiger partial charge in [0.15, 0.2) is 0 Å². The van der Waals surface area contributed by atoms with Crippen molar-refractivity contribution >= 4 is 5.97 Å². The van der Waals surface area contributed by atoms with Crippen LogP contribution in [0.5, 0.6) is 17.2 Å². The number of benzene rings is 3. The molecule has 0 amide bonds. The van der Waals surface area contributed by atoms with Gasteiger partial charge in [0.25, 0.3) is 0 Å².